The van der Waals surface area contributed by atoms with Crippen LogP contribution in [0, 0.1) is 17.5 Å². The fraction of sp³-hybridized carbons (Fsp3) is 0.519. The zero-order valence-corrected chi connectivity index (χ0v) is 20.3. The molecule has 1 aliphatic heterocycles. The highest BCUT2D eigenvalue weighted by Gasteiger charge is 2.58. The lowest BCUT2D eigenvalue weighted by Crippen LogP contribution is -2.60. The quantitative estimate of drug-likeness (QED) is 0.571. The number of benzene rings is 2. The molecule has 9 heteroatoms. The van der Waals surface area contributed by atoms with E-state index in [9.17, 15) is 18.0 Å². The first-order valence-corrected chi connectivity index (χ1v) is 12.2. The average molecular weight is 506 g/mol. The number of carbonyl (C=O) groups is 1. The third-order valence-corrected chi connectivity index (χ3v) is 6.91. The highest BCUT2D eigenvalue weighted by Crippen LogP contribution is 2.44. The van der Waals surface area contributed by atoms with E-state index in [0.29, 0.717) is 5.56 Å². The summed E-state index contributed by atoms with van der Waals surface area (Å²) in [7, 11) is 0. The van der Waals surface area contributed by atoms with Crippen LogP contribution in [-0.4, -0.2) is 41.6 Å². The van der Waals surface area contributed by atoms with Gasteiger partial charge < -0.3 is 24.3 Å². The van der Waals surface area contributed by atoms with Crippen LogP contribution >= 0.6 is 0 Å². The minimum absolute atomic E-state index is 0.0642. The van der Waals surface area contributed by atoms with E-state index in [-0.39, 0.29) is 49.4 Å². The second-order valence-corrected chi connectivity index (χ2v) is 10.3. The minimum Gasteiger partial charge on any atom is -0.370 e. The summed E-state index contributed by atoms with van der Waals surface area (Å²) in [5.41, 5.74) is -0.828. The second kappa shape index (κ2) is 9.78. The van der Waals surface area contributed by atoms with Crippen molar-refractivity contribution in [3.05, 3.63) is 71.0 Å². The monoisotopic (exact) mass is 505 g/mol. The van der Waals surface area contributed by atoms with E-state index in [1.165, 1.54) is 30.3 Å². The molecule has 0 bridgehead atoms. The van der Waals surface area contributed by atoms with Gasteiger partial charge in [0.2, 0.25) is 0 Å². The number of hydrogen-bond donors (Lipinski definition) is 1. The van der Waals surface area contributed by atoms with E-state index in [0.717, 1.165) is 12.8 Å². The molecule has 2 aromatic rings. The summed E-state index contributed by atoms with van der Waals surface area (Å²) in [4.78, 5) is 13.6. The summed E-state index contributed by atoms with van der Waals surface area (Å²) in [6.07, 6.45) is 0.282. The number of fused-ring (bicyclic) bond motifs is 1. The first kappa shape index (κ1) is 25.2. The molecule has 2 aliphatic carbocycles. The Morgan fingerprint density at radius 3 is 2.36 bits per heavy atom. The molecule has 3 fully saturated rings. The van der Waals surface area contributed by atoms with Crippen molar-refractivity contribution in [2.24, 2.45) is 0 Å². The van der Waals surface area contributed by atoms with Crippen molar-refractivity contribution in [3.63, 3.8) is 0 Å². The van der Waals surface area contributed by atoms with Crippen molar-refractivity contribution >= 4 is 5.91 Å². The van der Waals surface area contributed by atoms with Gasteiger partial charge in [-0.3, -0.25) is 4.79 Å². The molecular weight excluding hydrogens is 475 g/mol. The first-order chi connectivity index (χ1) is 17.1. The van der Waals surface area contributed by atoms with Gasteiger partial charge >= 0.3 is 0 Å². The van der Waals surface area contributed by atoms with E-state index in [1.807, 2.05) is 0 Å². The van der Waals surface area contributed by atoms with Gasteiger partial charge in [-0.05, 0) is 56.5 Å². The van der Waals surface area contributed by atoms with Gasteiger partial charge in [0.25, 0.3) is 5.91 Å². The Kier molecular flexibility index (Phi) is 6.84. The Hall–Kier alpha value is -2.46. The largest absolute Gasteiger partial charge is 0.370 e. The van der Waals surface area contributed by atoms with Crippen molar-refractivity contribution in [1.29, 1.82) is 0 Å². The van der Waals surface area contributed by atoms with Crippen LogP contribution < -0.4 is 5.32 Å². The lowest BCUT2D eigenvalue weighted by molar-refractivity contribution is -0.183. The fourth-order valence-corrected chi connectivity index (χ4v) is 4.92. The maximum absolute atomic E-state index is 14.3. The number of halogens is 3. The van der Waals surface area contributed by atoms with E-state index in [2.05, 4.69) is 5.32 Å². The zero-order valence-electron chi connectivity index (χ0n) is 20.3. The molecule has 2 aromatic carbocycles. The molecule has 6 nitrogen and oxygen atoms in total. The molecule has 0 spiro atoms. The smallest absolute Gasteiger partial charge is 0.252 e. The molecule has 2 saturated carbocycles. The minimum atomic E-state index is -1.33. The molecule has 3 aliphatic rings. The van der Waals surface area contributed by atoms with Crippen LogP contribution in [0.15, 0.2) is 42.5 Å². The normalized spacial score (nSPS) is 29.1. The SMILES string of the molecule is CC1(C)O[C@H]2[C@@H](OCc3c(F)cccc3F)C[C@](OCc3ccc(F)cc3)(C(=O)NC3CC3)C[C@H]2O1. The van der Waals surface area contributed by atoms with Crippen molar-refractivity contribution in [3.8, 4) is 0 Å². The highest BCUT2D eigenvalue weighted by molar-refractivity contribution is 5.86. The number of amides is 1. The number of ether oxygens (including phenoxy) is 4. The lowest BCUT2D eigenvalue weighted by Gasteiger charge is -2.43. The summed E-state index contributed by atoms with van der Waals surface area (Å²) in [5, 5.41) is 3.03. The summed E-state index contributed by atoms with van der Waals surface area (Å²) in [6.45, 7) is 3.26. The first-order valence-electron chi connectivity index (χ1n) is 12.2. The molecular formula is C27H30F3NO5. The Balaban J connectivity index is 1.41. The lowest BCUT2D eigenvalue weighted by atomic mass is 9.78. The van der Waals surface area contributed by atoms with Crippen LogP contribution in [0.3, 0.4) is 0 Å². The van der Waals surface area contributed by atoms with Gasteiger partial charge in [-0.1, -0.05) is 18.2 Å². The zero-order chi connectivity index (χ0) is 25.5. The van der Waals surface area contributed by atoms with Gasteiger partial charge in [-0.25, -0.2) is 13.2 Å². The number of hydrogen-bond acceptors (Lipinski definition) is 5. The van der Waals surface area contributed by atoms with Crippen molar-refractivity contribution < 1.29 is 36.9 Å². The second-order valence-electron chi connectivity index (χ2n) is 10.3. The summed E-state index contributed by atoms with van der Waals surface area (Å²) in [5.74, 6) is -3.01. The van der Waals surface area contributed by atoms with Crippen LogP contribution in [0.1, 0.15) is 50.7 Å². The van der Waals surface area contributed by atoms with Gasteiger partial charge in [-0.15, -0.1) is 0 Å². The number of carbonyl (C=O) groups excluding carboxylic acids is 1. The maximum atomic E-state index is 14.3. The average Bonchev–Trinajstić information content (AvgIpc) is 3.58. The Morgan fingerprint density at radius 1 is 1.00 bits per heavy atom. The van der Waals surface area contributed by atoms with Crippen LogP contribution in [-0.2, 0) is 37.0 Å². The molecule has 4 atom stereocenters. The Morgan fingerprint density at radius 2 is 1.69 bits per heavy atom. The van der Waals surface area contributed by atoms with Crippen LogP contribution in [0.4, 0.5) is 13.2 Å². The summed E-state index contributed by atoms with van der Waals surface area (Å²) in [6, 6.07) is 9.58. The molecule has 1 amide bonds. The molecule has 36 heavy (non-hydrogen) atoms. The van der Waals surface area contributed by atoms with Crippen molar-refractivity contribution in [2.75, 3.05) is 0 Å². The van der Waals surface area contributed by atoms with Crippen LogP contribution in [0.2, 0.25) is 0 Å². The highest BCUT2D eigenvalue weighted by atomic mass is 19.1. The van der Waals surface area contributed by atoms with Gasteiger partial charge in [0.15, 0.2) is 11.4 Å². The molecule has 0 radical (unpaired) electrons. The molecule has 0 aromatic heterocycles. The van der Waals surface area contributed by atoms with Crippen molar-refractivity contribution in [2.45, 2.75) is 88.5 Å². The van der Waals surface area contributed by atoms with E-state index >= 15 is 0 Å². The van der Waals surface area contributed by atoms with E-state index < -0.39 is 41.3 Å². The van der Waals surface area contributed by atoms with Gasteiger partial charge in [0.1, 0.15) is 23.6 Å². The predicted octanol–water partition coefficient (Wildman–Crippen LogP) is 4.54. The maximum Gasteiger partial charge on any atom is 0.252 e. The molecule has 1 heterocycles. The molecule has 1 saturated heterocycles. The summed E-state index contributed by atoms with van der Waals surface area (Å²) < 4.78 is 66.5. The standard InChI is InChI=1S/C27H30F3NO5/c1-26(2)35-23-13-27(25(32)31-18-10-11-18,34-14-16-6-8-17(28)9-7-16)12-22(24(23)36-26)33-15-19-20(29)4-3-5-21(19)30/h3-9,18,22-24H,10-15H2,1-2H3,(H,31,32)/t22-,23+,24-,27+/m0/s1. The van der Waals surface area contributed by atoms with Gasteiger partial charge in [0, 0.05) is 24.4 Å². The predicted molar refractivity (Wildman–Crippen MR) is 123 cm³/mol. The van der Waals surface area contributed by atoms with Gasteiger partial charge in [-0.2, -0.15) is 0 Å². The van der Waals surface area contributed by atoms with E-state index in [4.69, 9.17) is 18.9 Å². The Labute approximate surface area is 208 Å². The summed E-state index contributed by atoms with van der Waals surface area (Å²) >= 11 is 0. The van der Waals surface area contributed by atoms with Crippen molar-refractivity contribution in [1.82, 2.24) is 5.32 Å². The Bertz CT molecular complexity index is 1090. The number of rotatable bonds is 8. The molecule has 194 valence electrons. The molecule has 5 rings (SSSR count). The van der Waals surface area contributed by atoms with Crippen LogP contribution in [0.5, 0.6) is 0 Å². The fourth-order valence-electron chi connectivity index (χ4n) is 4.92. The topological polar surface area (TPSA) is 66.0 Å². The van der Waals surface area contributed by atoms with Crippen LogP contribution in [0.25, 0.3) is 0 Å². The molecule has 0 unspecified atom stereocenters. The third kappa shape index (κ3) is 5.44. The third-order valence-electron chi connectivity index (χ3n) is 6.91. The van der Waals surface area contributed by atoms with Gasteiger partial charge in [0.05, 0.1) is 25.4 Å². The van der Waals surface area contributed by atoms with E-state index in [1.54, 1.807) is 26.0 Å². The molecule has 1 N–H and O–H groups in total. The number of nitrogens with one attached hydrogen (secondary N) is 1.